The fraction of sp³-hybridized carbons (Fsp3) is 1.00. The monoisotopic (exact) mass is 158 g/mol. The molecule has 0 saturated heterocycles. The lowest BCUT2D eigenvalue weighted by Gasteiger charge is -2.38. The molecule has 0 amide bonds. The van der Waals surface area contributed by atoms with Gasteiger partial charge in [-0.1, -0.05) is 6.42 Å². The van der Waals surface area contributed by atoms with Gasteiger partial charge in [0.05, 0.1) is 6.61 Å². The van der Waals surface area contributed by atoms with Gasteiger partial charge in [-0.3, -0.25) is 4.90 Å². The highest BCUT2D eigenvalue weighted by atomic mass is 16.3. The van der Waals surface area contributed by atoms with Gasteiger partial charge in [-0.05, 0) is 19.9 Å². The average molecular weight is 158 g/mol. The van der Waals surface area contributed by atoms with E-state index in [1.165, 1.54) is 19.3 Å². The molecule has 1 aliphatic rings. The number of aliphatic hydroxyl groups excluding tert-OH is 1. The highest BCUT2D eigenvalue weighted by molar-refractivity contribution is 4.82. The van der Waals surface area contributed by atoms with Crippen LogP contribution in [0, 0.1) is 0 Å². The maximum absolute atomic E-state index is 8.94. The third-order valence-electron chi connectivity index (χ3n) is 2.71. The zero-order valence-electron chi connectivity index (χ0n) is 7.16. The van der Waals surface area contributed by atoms with Gasteiger partial charge < -0.3 is 10.8 Å². The summed E-state index contributed by atoms with van der Waals surface area (Å²) in [6.45, 7) is 0.743. The molecule has 1 saturated carbocycles. The molecule has 0 spiro atoms. The summed E-state index contributed by atoms with van der Waals surface area (Å²) in [5.41, 5.74) is 5.50. The van der Waals surface area contributed by atoms with Crippen LogP contribution in [0.1, 0.15) is 19.3 Å². The van der Waals surface area contributed by atoms with E-state index in [-0.39, 0.29) is 12.6 Å². The first-order valence-corrected chi connectivity index (χ1v) is 4.32. The number of aliphatic hydroxyl groups is 1. The Morgan fingerprint density at radius 3 is 2.55 bits per heavy atom. The Hall–Kier alpha value is -0.120. The zero-order valence-corrected chi connectivity index (χ0v) is 7.16. The molecule has 3 nitrogen and oxygen atoms in total. The standard InChI is InChI=1S/C8H18N2O/c1-10(7-3-2-4-7)8(5-9)6-11/h7-8,11H,2-6,9H2,1H3. The van der Waals surface area contributed by atoms with E-state index in [4.69, 9.17) is 10.8 Å². The van der Waals surface area contributed by atoms with E-state index >= 15 is 0 Å². The molecule has 0 bridgehead atoms. The fourth-order valence-electron chi connectivity index (χ4n) is 1.46. The summed E-state index contributed by atoms with van der Waals surface area (Å²) in [6.07, 6.45) is 3.87. The average Bonchev–Trinajstić information content (AvgIpc) is 1.86. The number of hydrogen-bond donors (Lipinski definition) is 2. The van der Waals surface area contributed by atoms with Crippen molar-refractivity contribution in [1.29, 1.82) is 0 Å². The second-order valence-corrected chi connectivity index (χ2v) is 3.32. The largest absolute Gasteiger partial charge is 0.395 e. The van der Waals surface area contributed by atoms with E-state index < -0.39 is 0 Å². The molecule has 0 aromatic rings. The van der Waals surface area contributed by atoms with Crippen molar-refractivity contribution in [3.63, 3.8) is 0 Å². The van der Waals surface area contributed by atoms with Crippen LogP contribution in [0.15, 0.2) is 0 Å². The molecule has 1 rings (SSSR count). The van der Waals surface area contributed by atoms with Gasteiger partial charge in [-0.25, -0.2) is 0 Å². The normalized spacial score (nSPS) is 21.8. The SMILES string of the molecule is CN(C(CN)CO)C1CCC1. The van der Waals surface area contributed by atoms with Crippen molar-refractivity contribution >= 4 is 0 Å². The summed E-state index contributed by atoms with van der Waals surface area (Å²) in [6, 6.07) is 0.844. The molecular formula is C8H18N2O. The van der Waals surface area contributed by atoms with Crippen molar-refractivity contribution in [2.24, 2.45) is 5.73 Å². The third kappa shape index (κ3) is 1.92. The Morgan fingerprint density at radius 2 is 2.27 bits per heavy atom. The molecule has 0 aromatic heterocycles. The van der Waals surface area contributed by atoms with Gasteiger partial charge in [0.1, 0.15) is 0 Å². The summed E-state index contributed by atoms with van der Waals surface area (Å²) >= 11 is 0. The lowest BCUT2D eigenvalue weighted by molar-refractivity contribution is 0.0751. The maximum atomic E-state index is 8.94. The smallest absolute Gasteiger partial charge is 0.0599 e. The van der Waals surface area contributed by atoms with Crippen LogP contribution >= 0.6 is 0 Å². The van der Waals surface area contributed by atoms with Crippen LogP contribution in [0.2, 0.25) is 0 Å². The first-order chi connectivity index (χ1) is 5.29. The molecular weight excluding hydrogens is 140 g/mol. The topological polar surface area (TPSA) is 49.5 Å². The van der Waals surface area contributed by atoms with Crippen molar-refractivity contribution in [1.82, 2.24) is 4.90 Å². The van der Waals surface area contributed by atoms with Crippen molar-refractivity contribution in [2.75, 3.05) is 20.2 Å². The highest BCUT2D eigenvalue weighted by Gasteiger charge is 2.26. The molecule has 11 heavy (non-hydrogen) atoms. The van der Waals surface area contributed by atoms with Crippen molar-refractivity contribution in [2.45, 2.75) is 31.3 Å². The predicted molar refractivity (Wildman–Crippen MR) is 45.3 cm³/mol. The Bertz CT molecular complexity index is 111. The molecule has 1 atom stereocenters. The molecule has 0 heterocycles. The summed E-state index contributed by atoms with van der Waals surface area (Å²) in [5.74, 6) is 0. The predicted octanol–water partition coefficient (Wildman–Crippen LogP) is -0.210. The highest BCUT2D eigenvalue weighted by Crippen LogP contribution is 2.24. The molecule has 1 unspecified atom stereocenters. The number of nitrogens with zero attached hydrogens (tertiary/aromatic N) is 1. The Kier molecular flexibility index (Phi) is 3.30. The van der Waals surface area contributed by atoms with Gasteiger partial charge in [0.25, 0.3) is 0 Å². The van der Waals surface area contributed by atoms with Crippen LogP contribution in [0.4, 0.5) is 0 Å². The summed E-state index contributed by atoms with van der Waals surface area (Å²) in [7, 11) is 2.05. The minimum Gasteiger partial charge on any atom is -0.395 e. The zero-order chi connectivity index (χ0) is 8.27. The van der Waals surface area contributed by atoms with E-state index in [9.17, 15) is 0 Å². The molecule has 0 aromatic carbocycles. The second-order valence-electron chi connectivity index (χ2n) is 3.32. The minimum atomic E-state index is 0.167. The van der Waals surface area contributed by atoms with E-state index in [2.05, 4.69) is 11.9 Å². The van der Waals surface area contributed by atoms with Crippen LogP contribution in [0.5, 0.6) is 0 Å². The summed E-state index contributed by atoms with van der Waals surface area (Å²) in [5, 5.41) is 8.94. The summed E-state index contributed by atoms with van der Waals surface area (Å²) in [4.78, 5) is 2.21. The molecule has 3 N–H and O–H groups in total. The van der Waals surface area contributed by atoms with Gasteiger partial charge >= 0.3 is 0 Å². The van der Waals surface area contributed by atoms with E-state index in [1.54, 1.807) is 0 Å². The van der Waals surface area contributed by atoms with Crippen LogP contribution in [-0.4, -0.2) is 42.3 Å². The molecule has 1 aliphatic carbocycles. The Balaban J connectivity index is 2.30. The number of likely N-dealkylation sites (N-methyl/N-ethyl adjacent to an activating group) is 1. The molecule has 3 heteroatoms. The summed E-state index contributed by atoms with van der Waals surface area (Å²) < 4.78 is 0. The van der Waals surface area contributed by atoms with Crippen molar-refractivity contribution in [3.05, 3.63) is 0 Å². The van der Waals surface area contributed by atoms with E-state index in [0.717, 1.165) is 0 Å². The van der Waals surface area contributed by atoms with Crippen molar-refractivity contribution in [3.8, 4) is 0 Å². The van der Waals surface area contributed by atoms with Crippen LogP contribution in [-0.2, 0) is 0 Å². The first-order valence-electron chi connectivity index (χ1n) is 4.32. The minimum absolute atomic E-state index is 0.167. The lowest BCUT2D eigenvalue weighted by Crippen LogP contribution is -2.48. The lowest BCUT2D eigenvalue weighted by atomic mass is 9.91. The third-order valence-corrected chi connectivity index (χ3v) is 2.71. The van der Waals surface area contributed by atoms with Crippen LogP contribution in [0.3, 0.4) is 0 Å². The second kappa shape index (κ2) is 4.04. The first kappa shape index (κ1) is 8.97. The molecule has 66 valence electrons. The molecule has 0 aliphatic heterocycles. The Labute approximate surface area is 68.2 Å². The van der Waals surface area contributed by atoms with Crippen molar-refractivity contribution < 1.29 is 5.11 Å². The number of hydrogen-bond acceptors (Lipinski definition) is 3. The van der Waals surface area contributed by atoms with Gasteiger partial charge in [0, 0.05) is 18.6 Å². The van der Waals surface area contributed by atoms with Crippen LogP contribution < -0.4 is 5.73 Å². The fourth-order valence-corrected chi connectivity index (χ4v) is 1.46. The Morgan fingerprint density at radius 1 is 1.64 bits per heavy atom. The van der Waals surface area contributed by atoms with Gasteiger partial charge in [-0.15, -0.1) is 0 Å². The molecule has 0 radical (unpaired) electrons. The number of rotatable bonds is 4. The van der Waals surface area contributed by atoms with Gasteiger partial charge in [-0.2, -0.15) is 0 Å². The number of nitrogens with two attached hydrogens (primary N) is 1. The quantitative estimate of drug-likeness (QED) is 0.595. The van der Waals surface area contributed by atoms with E-state index in [1.807, 2.05) is 0 Å². The van der Waals surface area contributed by atoms with Gasteiger partial charge in [0.15, 0.2) is 0 Å². The molecule has 1 fully saturated rings. The van der Waals surface area contributed by atoms with Gasteiger partial charge in [0.2, 0.25) is 0 Å². The van der Waals surface area contributed by atoms with E-state index in [0.29, 0.717) is 12.6 Å². The van der Waals surface area contributed by atoms with Crippen LogP contribution in [0.25, 0.3) is 0 Å². The maximum Gasteiger partial charge on any atom is 0.0599 e.